The van der Waals surface area contributed by atoms with Gasteiger partial charge >= 0.3 is 0 Å². The number of hydrogen-bond donors (Lipinski definition) is 0. The van der Waals surface area contributed by atoms with E-state index in [0.717, 1.165) is 18.3 Å². The van der Waals surface area contributed by atoms with Crippen molar-refractivity contribution in [3.63, 3.8) is 0 Å². The Morgan fingerprint density at radius 1 is 1.21 bits per heavy atom. The van der Waals surface area contributed by atoms with Crippen LogP contribution < -0.4 is 0 Å². The third-order valence-corrected chi connectivity index (χ3v) is 4.77. The molecule has 1 aromatic rings. The molecule has 1 nitrogen and oxygen atoms in total. The highest BCUT2D eigenvalue weighted by Gasteiger charge is 2.32. The summed E-state index contributed by atoms with van der Waals surface area (Å²) in [4.78, 5) is 1.34. The Morgan fingerprint density at radius 3 is 2.63 bits per heavy atom. The first kappa shape index (κ1) is 14.9. The summed E-state index contributed by atoms with van der Waals surface area (Å²) in [7, 11) is 0. The predicted octanol–water partition coefficient (Wildman–Crippen LogP) is 5.01. The highest BCUT2D eigenvalue weighted by molar-refractivity contribution is 7.99. The van der Waals surface area contributed by atoms with Crippen molar-refractivity contribution in [3.8, 4) is 0 Å². The molecule has 1 fully saturated rings. The Labute approximate surface area is 122 Å². The lowest BCUT2D eigenvalue weighted by Crippen LogP contribution is -2.33. The van der Waals surface area contributed by atoms with E-state index in [1.807, 2.05) is 11.8 Å². The van der Waals surface area contributed by atoms with Crippen LogP contribution in [0.25, 0.3) is 0 Å². The topological polar surface area (TPSA) is 9.23 Å². The molecule has 0 aromatic heterocycles. The molecule has 1 aliphatic rings. The fraction of sp³-hybridized carbons (Fsp3) is 0.647. The maximum atomic E-state index is 6.09. The van der Waals surface area contributed by atoms with E-state index in [1.54, 1.807) is 0 Å². The summed E-state index contributed by atoms with van der Waals surface area (Å²) < 4.78 is 6.09. The average Bonchev–Trinajstić information content (AvgIpc) is 2.33. The van der Waals surface area contributed by atoms with E-state index in [2.05, 4.69) is 51.1 Å². The maximum Gasteiger partial charge on any atom is 0.0583 e. The van der Waals surface area contributed by atoms with E-state index in [9.17, 15) is 0 Å². The summed E-state index contributed by atoms with van der Waals surface area (Å²) in [6, 6.07) is 10.6. The van der Waals surface area contributed by atoms with Crippen molar-refractivity contribution >= 4 is 11.8 Å². The monoisotopic (exact) mass is 278 g/mol. The van der Waals surface area contributed by atoms with Gasteiger partial charge in [-0.3, -0.25) is 0 Å². The number of hydrogen-bond acceptors (Lipinski definition) is 2. The molecule has 1 aliphatic carbocycles. The van der Waals surface area contributed by atoms with Crippen LogP contribution in [0.5, 0.6) is 0 Å². The minimum Gasteiger partial charge on any atom is -0.377 e. The Kier molecular flexibility index (Phi) is 5.35. The van der Waals surface area contributed by atoms with E-state index < -0.39 is 0 Å². The van der Waals surface area contributed by atoms with Crippen molar-refractivity contribution in [2.45, 2.75) is 51.0 Å². The third-order valence-electron chi connectivity index (χ3n) is 3.80. The number of ether oxygens (including phenoxy) is 1. The SMILES string of the molecule is CC1CC(OCCSc2ccccc2)CC(C)(C)C1. The molecule has 19 heavy (non-hydrogen) atoms. The molecule has 0 bridgehead atoms. The number of thioether (sulfide) groups is 1. The second-order valence-electron chi connectivity index (χ2n) is 6.57. The Balaban J connectivity index is 1.68. The second kappa shape index (κ2) is 6.81. The maximum absolute atomic E-state index is 6.09. The third kappa shape index (κ3) is 5.19. The molecule has 0 N–H and O–H groups in total. The summed E-state index contributed by atoms with van der Waals surface area (Å²) in [6.45, 7) is 7.97. The summed E-state index contributed by atoms with van der Waals surface area (Å²) >= 11 is 1.88. The van der Waals surface area contributed by atoms with Gasteiger partial charge in [-0.15, -0.1) is 11.8 Å². The number of rotatable bonds is 5. The fourth-order valence-corrected chi connectivity index (χ4v) is 4.04. The van der Waals surface area contributed by atoms with Gasteiger partial charge in [0.1, 0.15) is 0 Å². The molecule has 0 amide bonds. The van der Waals surface area contributed by atoms with E-state index in [4.69, 9.17) is 4.74 Å². The lowest BCUT2D eigenvalue weighted by Gasteiger charge is -2.38. The van der Waals surface area contributed by atoms with Gasteiger partial charge in [-0.05, 0) is 42.7 Å². The molecular weight excluding hydrogens is 252 g/mol. The molecule has 0 radical (unpaired) electrons. The van der Waals surface area contributed by atoms with Crippen LogP contribution in [-0.4, -0.2) is 18.5 Å². The number of benzene rings is 1. The zero-order valence-electron chi connectivity index (χ0n) is 12.4. The highest BCUT2D eigenvalue weighted by atomic mass is 32.2. The predicted molar refractivity (Wildman–Crippen MR) is 83.7 cm³/mol. The minimum atomic E-state index is 0.453. The Morgan fingerprint density at radius 2 is 1.95 bits per heavy atom. The molecule has 1 aromatic carbocycles. The Bertz CT molecular complexity index is 374. The molecule has 0 aliphatic heterocycles. The fourth-order valence-electron chi connectivity index (χ4n) is 3.28. The van der Waals surface area contributed by atoms with Crippen LogP contribution in [0, 0.1) is 11.3 Å². The van der Waals surface area contributed by atoms with Crippen molar-refractivity contribution in [3.05, 3.63) is 30.3 Å². The summed E-state index contributed by atoms with van der Waals surface area (Å²) in [5.74, 6) is 1.85. The molecule has 2 unspecified atom stereocenters. The van der Waals surface area contributed by atoms with Crippen LogP contribution in [0.3, 0.4) is 0 Å². The van der Waals surface area contributed by atoms with E-state index in [-0.39, 0.29) is 0 Å². The first-order chi connectivity index (χ1) is 9.05. The molecule has 1 saturated carbocycles. The van der Waals surface area contributed by atoms with Gasteiger partial charge in [0, 0.05) is 10.6 Å². The van der Waals surface area contributed by atoms with Crippen molar-refractivity contribution in [1.29, 1.82) is 0 Å². The smallest absolute Gasteiger partial charge is 0.0583 e. The van der Waals surface area contributed by atoms with Gasteiger partial charge in [-0.2, -0.15) is 0 Å². The van der Waals surface area contributed by atoms with Crippen LogP contribution in [0.1, 0.15) is 40.0 Å². The van der Waals surface area contributed by atoms with Crippen molar-refractivity contribution in [1.82, 2.24) is 0 Å². The lowest BCUT2D eigenvalue weighted by atomic mass is 9.71. The summed E-state index contributed by atoms with van der Waals surface area (Å²) in [5.41, 5.74) is 0.453. The first-order valence-electron chi connectivity index (χ1n) is 7.35. The van der Waals surface area contributed by atoms with Gasteiger partial charge in [0.05, 0.1) is 12.7 Å². The lowest BCUT2D eigenvalue weighted by molar-refractivity contribution is -0.0161. The molecule has 2 rings (SSSR count). The van der Waals surface area contributed by atoms with Crippen LogP contribution in [0.4, 0.5) is 0 Å². The van der Waals surface area contributed by atoms with Gasteiger partial charge in [-0.25, -0.2) is 0 Å². The van der Waals surface area contributed by atoms with Gasteiger partial charge in [-0.1, -0.05) is 39.0 Å². The van der Waals surface area contributed by atoms with Crippen LogP contribution >= 0.6 is 11.8 Å². The molecule has 106 valence electrons. The van der Waals surface area contributed by atoms with Crippen molar-refractivity contribution in [2.24, 2.45) is 11.3 Å². The largest absolute Gasteiger partial charge is 0.377 e. The van der Waals surface area contributed by atoms with Crippen molar-refractivity contribution < 1.29 is 4.74 Å². The quantitative estimate of drug-likeness (QED) is 0.553. The second-order valence-corrected chi connectivity index (χ2v) is 7.74. The van der Waals surface area contributed by atoms with Gasteiger partial charge in [0.2, 0.25) is 0 Å². The van der Waals surface area contributed by atoms with Crippen LogP contribution in [0.15, 0.2) is 35.2 Å². The highest BCUT2D eigenvalue weighted by Crippen LogP contribution is 2.39. The summed E-state index contributed by atoms with van der Waals surface area (Å²) in [5, 5.41) is 0. The van der Waals surface area contributed by atoms with E-state index in [1.165, 1.54) is 24.2 Å². The Hall–Kier alpha value is -0.470. The molecule has 0 saturated heterocycles. The molecule has 2 heteroatoms. The normalized spacial score (nSPS) is 26.3. The zero-order chi connectivity index (χ0) is 13.7. The van der Waals surface area contributed by atoms with Gasteiger partial charge in [0.15, 0.2) is 0 Å². The van der Waals surface area contributed by atoms with Crippen LogP contribution in [-0.2, 0) is 4.74 Å². The molecule has 2 atom stereocenters. The van der Waals surface area contributed by atoms with E-state index >= 15 is 0 Å². The van der Waals surface area contributed by atoms with Crippen molar-refractivity contribution in [2.75, 3.05) is 12.4 Å². The first-order valence-corrected chi connectivity index (χ1v) is 8.33. The molecule has 0 spiro atoms. The molecule has 0 heterocycles. The standard InChI is InChI=1S/C17H26OS/c1-14-11-15(13-17(2,3)12-14)18-9-10-19-16-7-5-4-6-8-16/h4-8,14-15H,9-13H2,1-3H3. The van der Waals surface area contributed by atoms with Gasteiger partial charge in [0.25, 0.3) is 0 Å². The minimum absolute atomic E-state index is 0.453. The molecular formula is C17H26OS. The van der Waals surface area contributed by atoms with Gasteiger partial charge < -0.3 is 4.74 Å². The average molecular weight is 278 g/mol. The van der Waals surface area contributed by atoms with Crippen LogP contribution in [0.2, 0.25) is 0 Å². The van der Waals surface area contributed by atoms with E-state index in [0.29, 0.717) is 11.5 Å². The summed E-state index contributed by atoms with van der Waals surface area (Å²) in [6.07, 6.45) is 4.26. The zero-order valence-corrected chi connectivity index (χ0v) is 13.2.